The second kappa shape index (κ2) is 7.86. The van der Waals surface area contributed by atoms with Crippen molar-refractivity contribution in [2.75, 3.05) is 13.1 Å². The Morgan fingerprint density at radius 2 is 1.74 bits per heavy atom. The lowest BCUT2D eigenvalue weighted by molar-refractivity contribution is 0.0705. The van der Waals surface area contributed by atoms with E-state index in [1.54, 1.807) is 11.1 Å². The van der Waals surface area contributed by atoms with Gasteiger partial charge in [0.25, 0.3) is 11.8 Å². The third kappa shape index (κ3) is 3.76. The molecular weight excluding hydrogens is 402 g/mol. The highest BCUT2D eigenvalue weighted by Crippen LogP contribution is 2.31. The SMILES string of the molecule is O=C(c1cc(F)cc(F)c1)N1CCC(c2nnc(-c3nccc4ccccc34)o2)CC1. The number of carbonyl (C=O) groups excluding carboxylic acids is 1. The maximum Gasteiger partial charge on any atom is 0.266 e. The Bertz CT molecular complexity index is 1240. The molecule has 1 aliphatic rings. The van der Waals surface area contributed by atoms with E-state index in [0.29, 0.717) is 43.4 Å². The summed E-state index contributed by atoms with van der Waals surface area (Å²) in [5, 5.41) is 10.4. The standard InChI is InChI=1S/C23H18F2N4O2/c24-17-11-16(12-18(25)13-17)23(30)29-9-6-15(7-10-29)21-27-28-22(31-21)20-19-4-2-1-3-14(19)5-8-26-20/h1-5,8,11-13,15H,6-7,9-10H2. The van der Waals surface area contributed by atoms with Gasteiger partial charge in [-0.1, -0.05) is 24.3 Å². The van der Waals surface area contributed by atoms with Gasteiger partial charge in [-0.15, -0.1) is 10.2 Å². The molecule has 31 heavy (non-hydrogen) atoms. The van der Waals surface area contributed by atoms with Crippen LogP contribution in [0.15, 0.2) is 59.1 Å². The molecule has 0 saturated carbocycles. The van der Waals surface area contributed by atoms with Crippen molar-refractivity contribution < 1.29 is 18.0 Å². The Kier molecular flexibility index (Phi) is 4.89. The lowest BCUT2D eigenvalue weighted by Gasteiger charge is -2.30. The fourth-order valence-corrected chi connectivity index (χ4v) is 3.97. The van der Waals surface area contributed by atoms with Crippen LogP contribution in [0.4, 0.5) is 8.78 Å². The summed E-state index contributed by atoms with van der Waals surface area (Å²) in [5.41, 5.74) is 0.649. The summed E-state index contributed by atoms with van der Waals surface area (Å²) in [6, 6.07) is 12.6. The van der Waals surface area contributed by atoms with E-state index in [4.69, 9.17) is 4.42 Å². The molecular formula is C23H18F2N4O2. The van der Waals surface area contributed by atoms with Crippen molar-refractivity contribution in [1.82, 2.24) is 20.1 Å². The van der Waals surface area contributed by atoms with Crippen LogP contribution in [0.1, 0.15) is 35.0 Å². The van der Waals surface area contributed by atoms with Gasteiger partial charge in [-0.2, -0.15) is 0 Å². The molecule has 1 aliphatic heterocycles. The summed E-state index contributed by atoms with van der Waals surface area (Å²) in [4.78, 5) is 18.6. The van der Waals surface area contributed by atoms with Gasteiger partial charge in [0.1, 0.15) is 17.3 Å². The first-order chi connectivity index (χ1) is 15.1. The summed E-state index contributed by atoms with van der Waals surface area (Å²) in [5.74, 6) is -1.04. The fraction of sp³-hybridized carbons (Fsp3) is 0.217. The largest absolute Gasteiger partial charge is 0.419 e. The number of likely N-dealkylation sites (tertiary alicyclic amines) is 1. The average molecular weight is 420 g/mol. The van der Waals surface area contributed by atoms with Gasteiger partial charge in [0.15, 0.2) is 0 Å². The van der Waals surface area contributed by atoms with E-state index in [9.17, 15) is 13.6 Å². The molecule has 1 fully saturated rings. The van der Waals surface area contributed by atoms with Crippen molar-refractivity contribution >= 4 is 16.7 Å². The van der Waals surface area contributed by atoms with Gasteiger partial charge in [0.2, 0.25) is 5.89 Å². The van der Waals surface area contributed by atoms with E-state index in [0.717, 1.165) is 29.0 Å². The monoisotopic (exact) mass is 420 g/mol. The molecule has 0 atom stereocenters. The summed E-state index contributed by atoms with van der Waals surface area (Å²) in [6.07, 6.45) is 2.95. The second-order valence-electron chi connectivity index (χ2n) is 7.55. The van der Waals surface area contributed by atoms with Crippen LogP contribution in [0.25, 0.3) is 22.4 Å². The zero-order chi connectivity index (χ0) is 21.4. The topological polar surface area (TPSA) is 72.1 Å². The van der Waals surface area contributed by atoms with E-state index >= 15 is 0 Å². The molecule has 0 bridgehead atoms. The zero-order valence-corrected chi connectivity index (χ0v) is 16.5. The van der Waals surface area contributed by atoms with E-state index in [2.05, 4.69) is 15.2 Å². The number of benzene rings is 2. The molecule has 0 aliphatic carbocycles. The Hall–Kier alpha value is -3.68. The highest BCUT2D eigenvalue weighted by atomic mass is 19.1. The minimum atomic E-state index is -0.765. The Morgan fingerprint density at radius 3 is 2.52 bits per heavy atom. The summed E-state index contributed by atoms with van der Waals surface area (Å²) in [7, 11) is 0. The van der Waals surface area contributed by atoms with Gasteiger partial charge in [0.05, 0.1) is 0 Å². The number of hydrogen-bond donors (Lipinski definition) is 0. The number of halogens is 2. The molecule has 5 rings (SSSR count). The Balaban J connectivity index is 1.30. The normalized spacial score (nSPS) is 14.8. The van der Waals surface area contributed by atoms with Crippen molar-refractivity contribution in [3.8, 4) is 11.6 Å². The average Bonchev–Trinajstić information content (AvgIpc) is 3.28. The fourth-order valence-electron chi connectivity index (χ4n) is 3.97. The maximum absolute atomic E-state index is 13.4. The molecule has 0 N–H and O–H groups in total. The predicted octanol–water partition coefficient (Wildman–Crippen LogP) is 4.58. The minimum absolute atomic E-state index is 0.00419. The Labute approximate surface area is 176 Å². The molecule has 3 heterocycles. The Morgan fingerprint density at radius 1 is 1.00 bits per heavy atom. The molecule has 1 amide bonds. The van der Waals surface area contributed by atoms with Crippen molar-refractivity contribution in [1.29, 1.82) is 0 Å². The van der Waals surface area contributed by atoms with Gasteiger partial charge in [-0.05, 0) is 36.4 Å². The van der Waals surface area contributed by atoms with Crippen LogP contribution in [0.3, 0.4) is 0 Å². The smallest absolute Gasteiger partial charge is 0.266 e. The molecule has 156 valence electrons. The molecule has 6 nitrogen and oxygen atoms in total. The first-order valence-electron chi connectivity index (χ1n) is 10.0. The van der Waals surface area contributed by atoms with E-state index in [-0.39, 0.29) is 17.4 Å². The van der Waals surface area contributed by atoms with Gasteiger partial charge in [0, 0.05) is 42.2 Å². The summed E-state index contributed by atoms with van der Waals surface area (Å²) < 4.78 is 32.8. The molecule has 2 aromatic heterocycles. The van der Waals surface area contributed by atoms with E-state index in [1.165, 1.54) is 0 Å². The zero-order valence-electron chi connectivity index (χ0n) is 16.5. The number of carbonyl (C=O) groups is 1. The van der Waals surface area contributed by atoms with E-state index in [1.807, 2.05) is 30.3 Å². The lowest BCUT2D eigenvalue weighted by Crippen LogP contribution is -2.38. The highest BCUT2D eigenvalue weighted by Gasteiger charge is 2.28. The van der Waals surface area contributed by atoms with Crippen LogP contribution in [-0.4, -0.2) is 39.1 Å². The van der Waals surface area contributed by atoms with Crippen LogP contribution in [-0.2, 0) is 0 Å². The molecule has 0 spiro atoms. The van der Waals surface area contributed by atoms with Crippen molar-refractivity contribution in [2.24, 2.45) is 0 Å². The number of piperidine rings is 1. The number of pyridine rings is 1. The minimum Gasteiger partial charge on any atom is -0.419 e. The predicted molar refractivity (Wildman–Crippen MR) is 109 cm³/mol. The number of aromatic nitrogens is 3. The molecule has 0 unspecified atom stereocenters. The molecule has 8 heteroatoms. The summed E-state index contributed by atoms with van der Waals surface area (Å²) in [6.45, 7) is 0.873. The quantitative estimate of drug-likeness (QED) is 0.485. The number of hydrogen-bond acceptors (Lipinski definition) is 5. The number of nitrogens with zero attached hydrogens (tertiary/aromatic N) is 4. The van der Waals surface area contributed by atoms with Crippen molar-refractivity contribution in [3.05, 3.63) is 77.8 Å². The summed E-state index contributed by atoms with van der Waals surface area (Å²) >= 11 is 0. The van der Waals surface area contributed by atoms with Gasteiger partial charge in [-0.25, -0.2) is 8.78 Å². The first-order valence-corrected chi connectivity index (χ1v) is 10.0. The van der Waals surface area contributed by atoms with Gasteiger partial charge >= 0.3 is 0 Å². The molecule has 4 aromatic rings. The first kappa shape index (κ1) is 19.3. The molecule has 1 saturated heterocycles. The molecule has 2 aromatic carbocycles. The van der Waals surface area contributed by atoms with E-state index < -0.39 is 11.6 Å². The van der Waals surface area contributed by atoms with Crippen LogP contribution in [0.5, 0.6) is 0 Å². The highest BCUT2D eigenvalue weighted by molar-refractivity contribution is 5.94. The van der Waals surface area contributed by atoms with Crippen LogP contribution < -0.4 is 0 Å². The van der Waals surface area contributed by atoms with Crippen molar-refractivity contribution in [3.63, 3.8) is 0 Å². The number of rotatable bonds is 3. The van der Waals surface area contributed by atoms with Crippen molar-refractivity contribution in [2.45, 2.75) is 18.8 Å². The maximum atomic E-state index is 13.4. The number of amides is 1. The van der Waals surface area contributed by atoms with Crippen LogP contribution >= 0.6 is 0 Å². The number of fused-ring (bicyclic) bond motifs is 1. The third-order valence-corrected chi connectivity index (χ3v) is 5.56. The van der Waals surface area contributed by atoms with Gasteiger partial charge < -0.3 is 9.32 Å². The second-order valence-corrected chi connectivity index (χ2v) is 7.55. The van der Waals surface area contributed by atoms with Gasteiger partial charge in [-0.3, -0.25) is 9.78 Å². The van der Waals surface area contributed by atoms with Crippen LogP contribution in [0.2, 0.25) is 0 Å². The third-order valence-electron chi connectivity index (χ3n) is 5.56. The molecule has 0 radical (unpaired) electrons. The van der Waals surface area contributed by atoms with Crippen LogP contribution in [0, 0.1) is 11.6 Å². The lowest BCUT2D eigenvalue weighted by atomic mass is 9.96.